The summed E-state index contributed by atoms with van der Waals surface area (Å²) in [4.78, 5) is 0.0566. The SMILES string of the molecule is Cc1c(NC2CCCS(=O)(=O)C2)cccc1S(N)(=O)=O. The summed E-state index contributed by atoms with van der Waals surface area (Å²) >= 11 is 0. The molecule has 2 rings (SSSR count). The van der Waals surface area contributed by atoms with Crippen molar-refractivity contribution in [2.45, 2.75) is 30.7 Å². The van der Waals surface area contributed by atoms with E-state index in [-0.39, 0.29) is 22.4 Å². The largest absolute Gasteiger partial charge is 0.381 e. The normalized spacial score (nSPS) is 22.4. The number of sulfone groups is 1. The molecule has 1 fully saturated rings. The molecular weight excluding hydrogens is 300 g/mol. The summed E-state index contributed by atoms with van der Waals surface area (Å²) in [5.74, 6) is 0.299. The van der Waals surface area contributed by atoms with Gasteiger partial charge in [-0.3, -0.25) is 0 Å². The Labute approximate surface area is 119 Å². The topological polar surface area (TPSA) is 106 Å². The lowest BCUT2D eigenvalue weighted by atomic mass is 10.1. The first kappa shape index (κ1) is 15.3. The van der Waals surface area contributed by atoms with Crippen molar-refractivity contribution in [3.63, 3.8) is 0 Å². The molecule has 8 heteroatoms. The van der Waals surface area contributed by atoms with Crippen LogP contribution in [0.3, 0.4) is 0 Å². The summed E-state index contributed by atoms with van der Waals surface area (Å²) in [5, 5.41) is 8.27. The zero-order chi connectivity index (χ0) is 15.0. The second-order valence-electron chi connectivity index (χ2n) is 5.07. The van der Waals surface area contributed by atoms with E-state index in [4.69, 9.17) is 5.14 Å². The van der Waals surface area contributed by atoms with E-state index in [0.29, 0.717) is 17.7 Å². The smallest absolute Gasteiger partial charge is 0.238 e. The highest BCUT2D eigenvalue weighted by atomic mass is 32.2. The number of primary sulfonamides is 1. The van der Waals surface area contributed by atoms with E-state index in [1.165, 1.54) is 6.07 Å². The first-order valence-electron chi connectivity index (χ1n) is 6.28. The molecule has 0 radical (unpaired) electrons. The van der Waals surface area contributed by atoms with Crippen molar-refractivity contribution in [2.24, 2.45) is 5.14 Å². The van der Waals surface area contributed by atoms with E-state index in [9.17, 15) is 16.8 Å². The van der Waals surface area contributed by atoms with Crippen molar-refractivity contribution in [3.8, 4) is 0 Å². The molecule has 1 atom stereocenters. The maximum atomic E-state index is 11.6. The lowest BCUT2D eigenvalue weighted by Crippen LogP contribution is -2.35. The van der Waals surface area contributed by atoms with Crippen LogP contribution < -0.4 is 10.5 Å². The van der Waals surface area contributed by atoms with Gasteiger partial charge >= 0.3 is 0 Å². The molecule has 6 nitrogen and oxygen atoms in total. The van der Waals surface area contributed by atoms with Gasteiger partial charge in [-0.2, -0.15) is 0 Å². The van der Waals surface area contributed by atoms with Crippen LogP contribution in [0.2, 0.25) is 0 Å². The van der Waals surface area contributed by atoms with E-state index in [2.05, 4.69) is 5.32 Å². The first-order valence-corrected chi connectivity index (χ1v) is 9.65. The maximum Gasteiger partial charge on any atom is 0.238 e. The molecule has 1 saturated heterocycles. The van der Waals surface area contributed by atoms with Gasteiger partial charge in [0, 0.05) is 11.7 Å². The van der Waals surface area contributed by atoms with E-state index < -0.39 is 19.9 Å². The van der Waals surface area contributed by atoms with Crippen molar-refractivity contribution in [3.05, 3.63) is 23.8 Å². The summed E-state index contributed by atoms with van der Waals surface area (Å²) in [5.41, 5.74) is 1.12. The summed E-state index contributed by atoms with van der Waals surface area (Å²) < 4.78 is 46.1. The number of hydrogen-bond donors (Lipinski definition) is 2. The second kappa shape index (κ2) is 5.34. The molecule has 0 aromatic heterocycles. The van der Waals surface area contributed by atoms with Crippen LogP contribution in [0.15, 0.2) is 23.1 Å². The van der Waals surface area contributed by atoms with Crippen LogP contribution in [0.5, 0.6) is 0 Å². The van der Waals surface area contributed by atoms with Gasteiger partial charge < -0.3 is 5.32 Å². The van der Waals surface area contributed by atoms with Gasteiger partial charge in [-0.05, 0) is 37.5 Å². The monoisotopic (exact) mass is 318 g/mol. The van der Waals surface area contributed by atoms with Crippen LogP contribution in [0.25, 0.3) is 0 Å². The molecule has 1 aliphatic heterocycles. The Morgan fingerprint density at radius 3 is 2.65 bits per heavy atom. The number of hydrogen-bond acceptors (Lipinski definition) is 5. The Hall–Kier alpha value is -1.12. The average molecular weight is 318 g/mol. The molecule has 0 amide bonds. The molecular formula is C12H18N2O4S2. The number of sulfonamides is 1. The van der Waals surface area contributed by atoms with Gasteiger partial charge in [-0.15, -0.1) is 0 Å². The van der Waals surface area contributed by atoms with E-state index in [1.54, 1.807) is 19.1 Å². The zero-order valence-electron chi connectivity index (χ0n) is 11.2. The van der Waals surface area contributed by atoms with Crippen LogP contribution in [-0.4, -0.2) is 34.4 Å². The van der Waals surface area contributed by atoms with Crippen molar-refractivity contribution < 1.29 is 16.8 Å². The molecule has 0 aliphatic carbocycles. The number of anilines is 1. The van der Waals surface area contributed by atoms with Gasteiger partial charge in [-0.1, -0.05) is 6.07 Å². The quantitative estimate of drug-likeness (QED) is 0.850. The fourth-order valence-electron chi connectivity index (χ4n) is 2.44. The molecule has 0 saturated carbocycles. The highest BCUT2D eigenvalue weighted by Gasteiger charge is 2.25. The van der Waals surface area contributed by atoms with Gasteiger partial charge in [0.2, 0.25) is 10.0 Å². The van der Waals surface area contributed by atoms with Gasteiger partial charge in [0.1, 0.15) is 0 Å². The third-order valence-corrected chi connectivity index (χ3v) is 6.29. The third kappa shape index (κ3) is 3.50. The lowest BCUT2D eigenvalue weighted by molar-refractivity contribution is 0.561. The van der Waals surface area contributed by atoms with Gasteiger partial charge in [0.15, 0.2) is 9.84 Å². The standard InChI is InChI=1S/C12H18N2O4S2/c1-9-11(5-2-6-12(9)20(13,17)18)14-10-4-3-7-19(15,16)8-10/h2,5-6,10,14H,3-4,7-8H2,1H3,(H2,13,17,18). The second-order valence-corrected chi connectivity index (χ2v) is 8.83. The summed E-state index contributed by atoms with van der Waals surface area (Å²) in [6.45, 7) is 1.65. The molecule has 1 aliphatic rings. The number of benzene rings is 1. The molecule has 3 N–H and O–H groups in total. The minimum atomic E-state index is -3.78. The van der Waals surface area contributed by atoms with Crippen LogP contribution in [-0.2, 0) is 19.9 Å². The van der Waals surface area contributed by atoms with Crippen LogP contribution in [0.1, 0.15) is 18.4 Å². The molecule has 1 aromatic rings. The summed E-state index contributed by atoms with van der Waals surface area (Å²) in [6, 6.07) is 4.56. The zero-order valence-corrected chi connectivity index (χ0v) is 12.8. The lowest BCUT2D eigenvalue weighted by Gasteiger charge is -2.25. The molecule has 1 aromatic carbocycles. The van der Waals surface area contributed by atoms with Gasteiger partial charge in [0.05, 0.1) is 16.4 Å². The minimum Gasteiger partial charge on any atom is -0.381 e. The van der Waals surface area contributed by atoms with Crippen LogP contribution >= 0.6 is 0 Å². The molecule has 0 spiro atoms. The third-order valence-electron chi connectivity index (χ3n) is 3.41. The highest BCUT2D eigenvalue weighted by molar-refractivity contribution is 7.91. The Balaban J connectivity index is 2.27. The van der Waals surface area contributed by atoms with E-state index in [1.807, 2.05) is 0 Å². The molecule has 1 heterocycles. The molecule has 112 valence electrons. The highest BCUT2D eigenvalue weighted by Crippen LogP contribution is 2.24. The molecule has 0 bridgehead atoms. The van der Waals surface area contributed by atoms with Gasteiger partial charge in [0.25, 0.3) is 0 Å². The fourth-order valence-corrected chi connectivity index (χ4v) is 4.88. The summed E-state index contributed by atoms with van der Waals surface area (Å²) in [7, 11) is -6.79. The van der Waals surface area contributed by atoms with Crippen molar-refractivity contribution >= 4 is 25.5 Å². The maximum absolute atomic E-state index is 11.6. The fraction of sp³-hybridized carbons (Fsp3) is 0.500. The Bertz CT molecular complexity index is 711. The predicted molar refractivity (Wildman–Crippen MR) is 77.9 cm³/mol. The number of nitrogens with one attached hydrogen (secondary N) is 1. The minimum absolute atomic E-state index is 0.0566. The van der Waals surface area contributed by atoms with Crippen molar-refractivity contribution in [1.82, 2.24) is 0 Å². The van der Waals surface area contributed by atoms with Crippen LogP contribution in [0, 0.1) is 6.92 Å². The Morgan fingerprint density at radius 1 is 1.35 bits per heavy atom. The van der Waals surface area contributed by atoms with E-state index >= 15 is 0 Å². The van der Waals surface area contributed by atoms with Crippen molar-refractivity contribution in [1.29, 1.82) is 0 Å². The molecule has 20 heavy (non-hydrogen) atoms. The molecule has 1 unspecified atom stereocenters. The Kier molecular flexibility index (Phi) is 4.08. The number of rotatable bonds is 3. The van der Waals surface area contributed by atoms with Gasteiger partial charge in [-0.25, -0.2) is 22.0 Å². The number of nitrogens with two attached hydrogens (primary N) is 1. The average Bonchev–Trinajstić information content (AvgIpc) is 2.29. The first-order chi connectivity index (χ1) is 9.19. The van der Waals surface area contributed by atoms with E-state index in [0.717, 1.165) is 6.42 Å². The predicted octanol–water partition coefficient (Wildman–Crippen LogP) is 0.632. The van der Waals surface area contributed by atoms with Crippen molar-refractivity contribution in [2.75, 3.05) is 16.8 Å². The summed E-state index contributed by atoms with van der Waals surface area (Å²) in [6.07, 6.45) is 1.37. The van der Waals surface area contributed by atoms with Crippen LogP contribution in [0.4, 0.5) is 5.69 Å². The Morgan fingerprint density at radius 2 is 2.05 bits per heavy atom.